The molecule has 2 aromatic carbocycles. The van der Waals surface area contributed by atoms with Crippen molar-refractivity contribution in [2.45, 2.75) is 49.8 Å². The Balaban J connectivity index is 1.24. The first-order valence-electron chi connectivity index (χ1n) is 12.3. The zero-order valence-corrected chi connectivity index (χ0v) is 21.2. The molecule has 0 bridgehead atoms. The quantitative estimate of drug-likeness (QED) is 0.637. The molecule has 2 fully saturated rings. The number of fused-ring (bicyclic) bond motifs is 1. The minimum atomic E-state index is -3.67. The Labute approximate surface area is 211 Å². The van der Waals surface area contributed by atoms with Gasteiger partial charge in [0.1, 0.15) is 0 Å². The predicted molar refractivity (Wildman–Crippen MR) is 136 cm³/mol. The Morgan fingerprint density at radius 1 is 0.886 bits per heavy atom. The number of amides is 2. The first-order valence-corrected chi connectivity index (χ1v) is 14.2. The van der Waals surface area contributed by atoms with E-state index in [2.05, 4.69) is 5.32 Å². The van der Waals surface area contributed by atoms with Crippen LogP contribution in [0.1, 0.15) is 44.1 Å². The number of hydrogen-bond acceptors (Lipinski definition) is 4. The summed E-state index contributed by atoms with van der Waals surface area (Å²) in [5, 5.41) is 3.49. The molecule has 1 aliphatic carbocycles. The van der Waals surface area contributed by atoms with Crippen LogP contribution in [0.5, 0.6) is 0 Å². The number of rotatable bonds is 5. The summed E-state index contributed by atoms with van der Waals surface area (Å²) in [6.07, 6.45) is 5.53. The second kappa shape index (κ2) is 9.91. The molecule has 186 valence electrons. The van der Waals surface area contributed by atoms with Crippen LogP contribution in [0.4, 0.5) is 11.4 Å². The Morgan fingerprint density at radius 2 is 1.60 bits per heavy atom. The van der Waals surface area contributed by atoms with Crippen molar-refractivity contribution in [2.75, 3.05) is 29.9 Å². The molecule has 0 spiro atoms. The van der Waals surface area contributed by atoms with Gasteiger partial charge in [-0.25, -0.2) is 8.42 Å². The van der Waals surface area contributed by atoms with Gasteiger partial charge in [-0.05, 0) is 86.6 Å². The van der Waals surface area contributed by atoms with Gasteiger partial charge < -0.3 is 10.2 Å². The van der Waals surface area contributed by atoms with Crippen LogP contribution in [0.15, 0.2) is 47.4 Å². The molecule has 5 rings (SSSR count). The normalized spacial score (nSPS) is 19.6. The van der Waals surface area contributed by atoms with Crippen LogP contribution < -0.4 is 10.2 Å². The molecule has 7 nitrogen and oxygen atoms in total. The van der Waals surface area contributed by atoms with Crippen molar-refractivity contribution in [1.82, 2.24) is 4.31 Å². The number of benzene rings is 2. The molecule has 2 aliphatic heterocycles. The molecule has 3 aliphatic rings. The van der Waals surface area contributed by atoms with Gasteiger partial charge >= 0.3 is 0 Å². The fourth-order valence-electron chi connectivity index (χ4n) is 5.12. The number of sulfonamides is 1. The fraction of sp³-hybridized carbons (Fsp3) is 0.462. The van der Waals surface area contributed by atoms with Crippen LogP contribution in [0.25, 0.3) is 0 Å². The molecule has 1 saturated carbocycles. The minimum absolute atomic E-state index is 0.102. The predicted octanol–water partition coefficient (Wildman–Crippen LogP) is 4.46. The SMILES string of the molecule is O=C(Nc1ccc(Cl)cc1)C1CCN(S(=O)(=O)c2ccc3c(c2)CCCN3C(=O)C2CCC2)CC1. The largest absolute Gasteiger partial charge is 0.326 e. The highest BCUT2D eigenvalue weighted by molar-refractivity contribution is 7.89. The number of piperidine rings is 1. The van der Waals surface area contributed by atoms with Gasteiger partial charge in [-0.3, -0.25) is 9.59 Å². The summed E-state index contributed by atoms with van der Waals surface area (Å²) in [7, 11) is -3.67. The van der Waals surface area contributed by atoms with E-state index in [1.165, 1.54) is 4.31 Å². The van der Waals surface area contributed by atoms with Crippen LogP contribution in [-0.4, -0.2) is 44.2 Å². The summed E-state index contributed by atoms with van der Waals surface area (Å²) in [4.78, 5) is 27.6. The van der Waals surface area contributed by atoms with Crippen LogP contribution >= 0.6 is 11.6 Å². The molecule has 0 atom stereocenters. The number of aryl methyl sites for hydroxylation is 1. The monoisotopic (exact) mass is 515 g/mol. The molecule has 0 radical (unpaired) electrons. The van der Waals surface area contributed by atoms with Crippen molar-refractivity contribution in [1.29, 1.82) is 0 Å². The van der Waals surface area contributed by atoms with Gasteiger partial charge in [-0.15, -0.1) is 0 Å². The molecule has 2 aromatic rings. The number of halogens is 1. The Morgan fingerprint density at radius 3 is 2.26 bits per heavy atom. The molecule has 1 N–H and O–H groups in total. The van der Waals surface area contributed by atoms with Gasteiger partial charge in [0.05, 0.1) is 4.90 Å². The van der Waals surface area contributed by atoms with E-state index in [0.717, 1.165) is 43.4 Å². The minimum Gasteiger partial charge on any atom is -0.326 e. The first kappa shape index (κ1) is 24.3. The van der Waals surface area contributed by atoms with E-state index in [-0.39, 0.29) is 28.5 Å². The highest BCUT2D eigenvalue weighted by Gasteiger charge is 2.35. The molecule has 1 saturated heterocycles. The lowest BCUT2D eigenvalue weighted by Crippen LogP contribution is -2.42. The van der Waals surface area contributed by atoms with E-state index in [9.17, 15) is 18.0 Å². The van der Waals surface area contributed by atoms with Crippen molar-refractivity contribution in [2.24, 2.45) is 11.8 Å². The van der Waals surface area contributed by atoms with Gasteiger partial charge in [-0.1, -0.05) is 18.0 Å². The van der Waals surface area contributed by atoms with Crippen molar-refractivity contribution in [3.8, 4) is 0 Å². The molecule has 35 heavy (non-hydrogen) atoms. The Bertz CT molecular complexity index is 1220. The van der Waals surface area contributed by atoms with E-state index in [1.807, 2.05) is 4.90 Å². The zero-order chi connectivity index (χ0) is 24.6. The summed E-state index contributed by atoms with van der Waals surface area (Å²) in [5.41, 5.74) is 2.44. The number of carbonyl (C=O) groups is 2. The lowest BCUT2D eigenvalue weighted by Gasteiger charge is -2.35. The average molecular weight is 516 g/mol. The number of anilines is 2. The number of nitrogens with zero attached hydrogens (tertiary/aromatic N) is 2. The van der Waals surface area contributed by atoms with Crippen molar-refractivity contribution in [3.63, 3.8) is 0 Å². The highest BCUT2D eigenvalue weighted by Crippen LogP contribution is 2.35. The maximum atomic E-state index is 13.4. The standard InChI is InChI=1S/C26H30ClN3O4S/c27-21-6-8-22(9-7-21)28-25(31)18-12-15-29(16-13-18)35(33,34)23-10-11-24-20(17-23)5-2-14-30(24)26(32)19-3-1-4-19/h6-11,17-19H,1-5,12-16H2,(H,28,31). The number of hydrogen-bond donors (Lipinski definition) is 1. The topological polar surface area (TPSA) is 86.8 Å². The smallest absolute Gasteiger partial charge is 0.243 e. The third-order valence-corrected chi connectivity index (χ3v) is 9.61. The summed E-state index contributed by atoms with van der Waals surface area (Å²) in [6, 6.07) is 12.1. The third-order valence-electron chi connectivity index (χ3n) is 7.46. The highest BCUT2D eigenvalue weighted by atomic mass is 35.5. The molecule has 2 heterocycles. The van der Waals surface area contributed by atoms with Gasteiger partial charge in [0.25, 0.3) is 0 Å². The number of carbonyl (C=O) groups excluding carboxylic acids is 2. The molecule has 0 unspecified atom stereocenters. The van der Waals surface area contributed by atoms with Crippen molar-refractivity contribution < 1.29 is 18.0 Å². The molecular formula is C26H30ClN3O4S. The lowest BCUT2D eigenvalue weighted by atomic mass is 9.83. The van der Waals surface area contributed by atoms with Crippen LogP contribution in [0.3, 0.4) is 0 Å². The van der Waals surface area contributed by atoms with Crippen LogP contribution in [0, 0.1) is 11.8 Å². The molecule has 9 heteroatoms. The molecule has 0 aromatic heterocycles. The lowest BCUT2D eigenvalue weighted by molar-refractivity contribution is -0.124. The molecular weight excluding hydrogens is 486 g/mol. The zero-order valence-electron chi connectivity index (χ0n) is 19.6. The maximum Gasteiger partial charge on any atom is 0.243 e. The van der Waals surface area contributed by atoms with Crippen LogP contribution in [-0.2, 0) is 26.0 Å². The van der Waals surface area contributed by atoms with E-state index in [4.69, 9.17) is 11.6 Å². The molecule has 2 amide bonds. The van der Waals surface area contributed by atoms with Gasteiger partial charge in [0, 0.05) is 47.9 Å². The summed E-state index contributed by atoms with van der Waals surface area (Å²) in [6.45, 7) is 1.29. The van der Waals surface area contributed by atoms with Gasteiger partial charge in [-0.2, -0.15) is 4.31 Å². The average Bonchev–Trinajstić information content (AvgIpc) is 2.83. The van der Waals surface area contributed by atoms with Gasteiger partial charge in [0.2, 0.25) is 21.8 Å². The van der Waals surface area contributed by atoms with Crippen molar-refractivity contribution in [3.05, 3.63) is 53.1 Å². The fourth-order valence-corrected chi connectivity index (χ4v) is 6.77. The van der Waals surface area contributed by atoms with E-state index >= 15 is 0 Å². The number of nitrogens with one attached hydrogen (secondary N) is 1. The second-order valence-electron chi connectivity index (χ2n) is 9.69. The summed E-state index contributed by atoms with van der Waals surface area (Å²) in [5.74, 6) is -0.0598. The summed E-state index contributed by atoms with van der Waals surface area (Å²) < 4.78 is 28.2. The van der Waals surface area contributed by atoms with Gasteiger partial charge in [0.15, 0.2) is 0 Å². The maximum absolute atomic E-state index is 13.4. The first-order chi connectivity index (χ1) is 16.8. The van der Waals surface area contributed by atoms with Crippen molar-refractivity contribution >= 4 is 44.8 Å². The summed E-state index contributed by atoms with van der Waals surface area (Å²) >= 11 is 5.89. The Kier molecular flexibility index (Phi) is 6.88. The second-order valence-corrected chi connectivity index (χ2v) is 12.1. The third kappa shape index (κ3) is 4.97. The van der Waals surface area contributed by atoms with Crippen LogP contribution in [0.2, 0.25) is 5.02 Å². The van der Waals surface area contributed by atoms with E-state index < -0.39 is 10.0 Å². The van der Waals surface area contributed by atoms with E-state index in [0.29, 0.717) is 43.2 Å². The Hall–Kier alpha value is -2.42. The van der Waals surface area contributed by atoms with E-state index in [1.54, 1.807) is 42.5 Å².